The number of rotatable bonds is 7. The third-order valence-electron chi connectivity index (χ3n) is 4.48. The fourth-order valence-electron chi connectivity index (χ4n) is 3.06. The SMILES string of the molecule is CCN(CC(=O)Nc1c(Cl)cccc1Cl)C(=O)c1sc2cccc(F)c2c1COC. The van der Waals surface area contributed by atoms with Crippen molar-refractivity contribution in [2.75, 3.05) is 25.5 Å². The summed E-state index contributed by atoms with van der Waals surface area (Å²) in [6.45, 7) is 1.92. The quantitative estimate of drug-likeness (QED) is 0.491. The Kier molecular flexibility index (Phi) is 7.31. The van der Waals surface area contributed by atoms with E-state index in [1.807, 2.05) is 0 Å². The van der Waals surface area contributed by atoms with Crippen molar-refractivity contribution in [2.24, 2.45) is 0 Å². The molecule has 0 bridgehead atoms. The Hall–Kier alpha value is -2.19. The van der Waals surface area contributed by atoms with E-state index in [0.29, 0.717) is 36.3 Å². The maximum Gasteiger partial charge on any atom is 0.264 e. The number of ether oxygens (including phenoxy) is 1. The minimum absolute atomic E-state index is 0.0843. The maximum atomic E-state index is 14.4. The van der Waals surface area contributed by atoms with Gasteiger partial charge in [0.2, 0.25) is 5.91 Å². The predicted octanol–water partition coefficient (Wildman–Crippen LogP) is 5.59. The molecule has 2 amide bonds. The van der Waals surface area contributed by atoms with Crippen molar-refractivity contribution in [3.8, 4) is 0 Å². The second-order valence-electron chi connectivity index (χ2n) is 6.42. The van der Waals surface area contributed by atoms with Gasteiger partial charge >= 0.3 is 0 Å². The molecule has 9 heteroatoms. The number of fused-ring (bicyclic) bond motifs is 1. The van der Waals surface area contributed by atoms with Gasteiger partial charge in [0.15, 0.2) is 0 Å². The summed E-state index contributed by atoms with van der Waals surface area (Å²) in [4.78, 5) is 27.5. The van der Waals surface area contributed by atoms with Crippen LogP contribution in [-0.4, -0.2) is 36.9 Å². The molecule has 3 rings (SSSR count). The minimum atomic E-state index is -0.444. The van der Waals surface area contributed by atoms with Crippen molar-refractivity contribution in [2.45, 2.75) is 13.5 Å². The van der Waals surface area contributed by atoms with E-state index in [0.717, 1.165) is 0 Å². The number of hydrogen-bond acceptors (Lipinski definition) is 4. The number of anilines is 1. The molecule has 158 valence electrons. The molecule has 0 aliphatic heterocycles. The van der Waals surface area contributed by atoms with Crippen LogP contribution in [0.4, 0.5) is 10.1 Å². The van der Waals surface area contributed by atoms with Gasteiger partial charge in [-0.05, 0) is 31.2 Å². The van der Waals surface area contributed by atoms with E-state index < -0.39 is 11.7 Å². The van der Waals surface area contributed by atoms with Crippen LogP contribution in [-0.2, 0) is 16.1 Å². The first kappa shape index (κ1) is 22.5. The Labute approximate surface area is 187 Å². The smallest absolute Gasteiger partial charge is 0.264 e. The van der Waals surface area contributed by atoms with E-state index in [1.165, 1.54) is 29.4 Å². The lowest BCUT2D eigenvalue weighted by atomic mass is 10.1. The number of hydrogen-bond donors (Lipinski definition) is 1. The molecule has 1 aromatic heterocycles. The zero-order chi connectivity index (χ0) is 21.8. The van der Waals surface area contributed by atoms with E-state index in [4.69, 9.17) is 27.9 Å². The van der Waals surface area contributed by atoms with Gasteiger partial charge in [-0.1, -0.05) is 35.3 Å². The molecular weight excluding hydrogens is 450 g/mol. The monoisotopic (exact) mass is 468 g/mol. The van der Waals surface area contributed by atoms with Gasteiger partial charge in [0, 0.05) is 29.3 Å². The lowest BCUT2D eigenvalue weighted by Crippen LogP contribution is -2.38. The lowest BCUT2D eigenvalue weighted by Gasteiger charge is -2.21. The van der Waals surface area contributed by atoms with Crippen molar-refractivity contribution in [1.29, 1.82) is 0 Å². The highest BCUT2D eigenvalue weighted by Crippen LogP contribution is 2.35. The van der Waals surface area contributed by atoms with Gasteiger partial charge in [-0.2, -0.15) is 0 Å². The number of nitrogens with one attached hydrogen (secondary N) is 1. The second kappa shape index (κ2) is 9.75. The van der Waals surface area contributed by atoms with E-state index >= 15 is 0 Å². The number of benzene rings is 2. The maximum absolute atomic E-state index is 14.4. The molecule has 0 unspecified atom stereocenters. The molecule has 3 aromatic rings. The van der Waals surface area contributed by atoms with Crippen LogP contribution in [0.15, 0.2) is 36.4 Å². The van der Waals surface area contributed by atoms with Gasteiger partial charge in [0.1, 0.15) is 12.4 Å². The van der Waals surface area contributed by atoms with Gasteiger partial charge in [-0.25, -0.2) is 4.39 Å². The summed E-state index contributed by atoms with van der Waals surface area (Å²) in [7, 11) is 1.48. The summed E-state index contributed by atoms with van der Waals surface area (Å²) in [6.07, 6.45) is 0. The third-order valence-corrected chi connectivity index (χ3v) is 6.29. The summed E-state index contributed by atoms with van der Waals surface area (Å²) in [5.74, 6) is -1.23. The lowest BCUT2D eigenvalue weighted by molar-refractivity contribution is -0.116. The molecular formula is C21H19Cl2FN2O3S. The Balaban J connectivity index is 1.87. The van der Waals surface area contributed by atoms with E-state index in [2.05, 4.69) is 5.32 Å². The van der Waals surface area contributed by atoms with E-state index in [1.54, 1.807) is 37.3 Å². The molecule has 0 saturated carbocycles. The Morgan fingerprint density at radius 3 is 2.47 bits per heavy atom. The summed E-state index contributed by atoms with van der Waals surface area (Å²) < 4.78 is 20.2. The molecule has 5 nitrogen and oxygen atoms in total. The number of nitrogens with zero attached hydrogens (tertiary/aromatic N) is 1. The van der Waals surface area contributed by atoms with Crippen LogP contribution >= 0.6 is 34.5 Å². The molecule has 1 N–H and O–H groups in total. The highest BCUT2D eigenvalue weighted by Gasteiger charge is 2.25. The molecule has 0 saturated heterocycles. The number of para-hydroxylation sites is 1. The fraction of sp³-hybridized carbons (Fsp3) is 0.238. The summed E-state index contributed by atoms with van der Waals surface area (Å²) in [5, 5.41) is 3.62. The van der Waals surface area contributed by atoms with Gasteiger partial charge in [0.25, 0.3) is 5.91 Å². The first-order valence-corrected chi connectivity index (χ1v) is 10.7. The van der Waals surface area contributed by atoms with Gasteiger partial charge in [-0.3, -0.25) is 9.59 Å². The Bertz CT molecular complexity index is 1080. The molecule has 2 aromatic carbocycles. The normalized spacial score (nSPS) is 11.0. The van der Waals surface area contributed by atoms with E-state index in [-0.39, 0.29) is 25.6 Å². The standard InChI is InChI=1S/C21H19Cl2FN2O3S/c1-3-26(10-17(27)25-19-13(22)6-4-7-14(19)23)21(28)20-12(11-29-2)18-15(24)8-5-9-16(18)30-20/h4-9H,3,10-11H2,1-2H3,(H,25,27). The first-order valence-electron chi connectivity index (χ1n) is 9.09. The number of methoxy groups -OCH3 is 1. The number of amides is 2. The van der Waals surface area contributed by atoms with Crippen LogP contribution in [0.2, 0.25) is 10.0 Å². The topological polar surface area (TPSA) is 58.6 Å². The number of thiophene rings is 1. The van der Waals surface area contributed by atoms with Crippen molar-refractivity contribution >= 4 is 62.1 Å². The molecule has 0 spiro atoms. The van der Waals surface area contributed by atoms with Gasteiger partial charge in [0.05, 0.1) is 27.2 Å². The molecule has 0 radical (unpaired) electrons. The number of halogens is 3. The van der Waals surface area contributed by atoms with Crippen LogP contribution in [0.1, 0.15) is 22.2 Å². The zero-order valence-electron chi connectivity index (χ0n) is 16.3. The van der Waals surface area contributed by atoms with Crippen molar-refractivity contribution in [1.82, 2.24) is 4.90 Å². The minimum Gasteiger partial charge on any atom is -0.380 e. The number of carbonyl (C=O) groups is 2. The Morgan fingerprint density at radius 1 is 1.17 bits per heavy atom. The number of likely N-dealkylation sites (N-methyl/N-ethyl adjacent to an activating group) is 1. The zero-order valence-corrected chi connectivity index (χ0v) is 18.6. The van der Waals surface area contributed by atoms with Crippen LogP contribution in [0.3, 0.4) is 0 Å². The molecule has 0 aliphatic carbocycles. The highest BCUT2D eigenvalue weighted by atomic mass is 35.5. The van der Waals surface area contributed by atoms with Gasteiger partial charge in [-0.15, -0.1) is 11.3 Å². The molecule has 0 fully saturated rings. The Morgan fingerprint density at radius 2 is 1.83 bits per heavy atom. The summed E-state index contributed by atoms with van der Waals surface area (Å²) >= 11 is 13.4. The molecule has 0 aliphatic rings. The highest BCUT2D eigenvalue weighted by molar-refractivity contribution is 7.21. The molecule has 0 atom stereocenters. The molecule has 1 heterocycles. The predicted molar refractivity (Wildman–Crippen MR) is 119 cm³/mol. The third kappa shape index (κ3) is 4.59. The molecule has 30 heavy (non-hydrogen) atoms. The average molecular weight is 469 g/mol. The van der Waals surface area contributed by atoms with Crippen LogP contribution in [0.5, 0.6) is 0 Å². The van der Waals surface area contributed by atoms with Gasteiger partial charge < -0.3 is 15.0 Å². The van der Waals surface area contributed by atoms with Crippen molar-refractivity contribution in [3.05, 3.63) is 62.7 Å². The second-order valence-corrected chi connectivity index (χ2v) is 8.29. The largest absolute Gasteiger partial charge is 0.380 e. The van der Waals surface area contributed by atoms with Crippen LogP contribution in [0.25, 0.3) is 10.1 Å². The van der Waals surface area contributed by atoms with Crippen molar-refractivity contribution in [3.63, 3.8) is 0 Å². The summed E-state index contributed by atoms with van der Waals surface area (Å²) in [6, 6.07) is 9.57. The fourth-order valence-corrected chi connectivity index (χ4v) is 4.74. The van der Waals surface area contributed by atoms with Crippen LogP contribution < -0.4 is 5.32 Å². The summed E-state index contributed by atoms with van der Waals surface area (Å²) in [5.41, 5.74) is 0.770. The van der Waals surface area contributed by atoms with Crippen molar-refractivity contribution < 1.29 is 18.7 Å². The average Bonchev–Trinajstić information content (AvgIpc) is 3.08. The van der Waals surface area contributed by atoms with E-state index in [9.17, 15) is 14.0 Å². The number of carbonyl (C=O) groups excluding carboxylic acids is 2. The van der Waals surface area contributed by atoms with Crippen LogP contribution in [0, 0.1) is 5.82 Å². The first-order chi connectivity index (χ1) is 14.4.